The lowest BCUT2D eigenvalue weighted by molar-refractivity contribution is -0.153. The average molecular weight is 448 g/mol. The van der Waals surface area contributed by atoms with Gasteiger partial charge in [0.25, 0.3) is 5.56 Å². The lowest BCUT2D eigenvalue weighted by Crippen LogP contribution is -2.28. The zero-order valence-electron chi connectivity index (χ0n) is 16.1. The number of hydrogen-bond acceptors (Lipinski definition) is 7. The van der Waals surface area contributed by atoms with Crippen molar-refractivity contribution in [2.75, 3.05) is 0 Å². The second-order valence-corrected chi connectivity index (χ2v) is 9.89. The average Bonchev–Trinajstić information content (AvgIpc) is 3.23. The zero-order chi connectivity index (χ0) is 20.8. The molecule has 0 saturated heterocycles. The smallest absolute Gasteiger partial charge is 0.312 e. The molecule has 1 aromatic carbocycles. The van der Waals surface area contributed by atoms with Gasteiger partial charge in [0.05, 0.1) is 34.3 Å². The highest BCUT2D eigenvalue weighted by Crippen LogP contribution is 2.26. The fourth-order valence-electron chi connectivity index (χ4n) is 2.97. The van der Waals surface area contributed by atoms with Gasteiger partial charge in [-0.25, -0.2) is 9.67 Å². The Labute approximate surface area is 179 Å². The highest BCUT2D eigenvalue weighted by Gasteiger charge is 2.20. The third kappa shape index (κ3) is 4.34. The van der Waals surface area contributed by atoms with Crippen LogP contribution in [0.25, 0.3) is 21.0 Å². The molecule has 3 heterocycles. The van der Waals surface area contributed by atoms with Crippen molar-refractivity contribution in [3.8, 4) is 0 Å². The van der Waals surface area contributed by atoms with Gasteiger partial charge in [-0.2, -0.15) is 16.4 Å². The van der Waals surface area contributed by atoms with E-state index in [1.54, 1.807) is 11.4 Å². The van der Waals surface area contributed by atoms with Crippen molar-refractivity contribution < 1.29 is 9.53 Å². The van der Waals surface area contributed by atoms with Gasteiger partial charge < -0.3 is 4.74 Å². The van der Waals surface area contributed by atoms with Crippen LogP contribution in [0.4, 0.5) is 0 Å². The lowest BCUT2D eigenvalue weighted by atomic mass is 10.1. The Morgan fingerprint density at radius 1 is 1.24 bits per heavy atom. The summed E-state index contributed by atoms with van der Waals surface area (Å²) in [4.78, 5) is 29.8. The van der Waals surface area contributed by atoms with Crippen LogP contribution in [-0.4, -0.2) is 26.3 Å². The van der Waals surface area contributed by atoms with Crippen LogP contribution in [0.2, 0.25) is 5.02 Å². The molecule has 0 atom stereocenters. The highest BCUT2D eigenvalue weighted by atomic mass is 35.5. The van der Waals surface area contributed by atoms with E-state index in [2.05, 4.69) is 10.1 Å². The van der Waals surface area contributed by atoms with E-state index in [9.17, 15) is 9.59 Å². The van der Waals surface area contributed by atoms with Crippen LogP contribution >= 0.6 is 34.3 Å². The van der Waals surface area contributed by atoms with E-state index < -0.39 is 5.60 Å². The number of fused-ring (bicyclic) bond motifs is 2. The number of thiazole rings is 1. The van der Waals surface area contributed by atoms with E-state index in [1.165, 1.54) is 27.4 Å². The molecule has 0 aliphatic carbocycles. The van der Waals surface area contributed by atoms with Crippen molar-refractivity contribution in [2.24, 2.45) is 0 Å². The first-order valence-electron chi connectivity index (χ1n) is 8.92. The monoisotopic (exact) mass is 447 g/mol. The molecule has 0 fully saturated rings. The molecule has 9 heteroatoms. The number of carbonyl (C=O) groups is 1. The predicted molar refractivity (Wildman–Crippen MR) is 117 cm³/mol. The number of halogens is 1. The first kappa shape index (κ1) is 20.0. The highest BCUT2D eigenvalue weighted by molar-refractivity contribution is 7.18. The molecule has 0 bridgehead atoms. The number of benzene rings is 1. The van der Waals surface area contributed by atoms with E-state index in [0.29, 0.717) is 21.5 Å². The molecule has 4 rings (SSSR count). The molecule has 0 aliphatic rings. The number of thiophene rings is 1. The first-order chi connectivity index (χ1) is 13.7. The van der Waals surface area contributed by atoms with Crippen LogP contribution in [0, 0.1) is 0 Å². The number of ether oxygens (including phenoxy) is 1. The van der Waals surface area contributed by atoms with Gasteiger partial charge in [-0.05, 0) is 39.0 Å². The molecule has 150 valence electrons. The largest absolute Gasteiger partial charge is 0.460 e. The fraction of sp³-hybridized carbons (Fsp3) is 0.300. The van der Waals surface area contributed by atoms with Crippen molar-refractivity contribution in [1.82, 2.24) is 14.8 Å². The van der Waals surface area contributed by atoms with Crippen LogP contribution < -0.4 is 5.56 Å². The summed E-state index contributed by atoms with van der Waals surface area (Å²) in [5.74, 6) is -0.377. The Bertz CT molecular complexity index is 1280. The van der Waals surface area contributed by atoms with Gasteiger partial charge in [0.2, 0.25) is 0 Å². The number of hydrogen-bond donors (Lipinski definition) is 0. The van der Waals surface area contributed by atoms with Gasteiger partial charge in [-0.3, -0.25) is 9.59 Å². The SMILES string of the molecule is CC(C)(C)OC(=O)Cc1nn(Cc2nc3cc(Cl)ccc3s2)c(=O)c2cscc12. The van der Waals surface area contributed by atoms with Crippen LogP contribution in [0.1, 0.15) is 31.5 Å². The molecule has 4 aromatic rings. The van der Waals surface area contributed by atoms with Gasteiger partial charge in [-0.1, -0.05) is 11.6 Å². The molecular weight excluding hydrogens is 430 g/mol. The maximum Gasteiger partial charge on any atom is 0.312 e. The van der Waals surface area contributed by atoms with Gasteiger partial charge >= 0.3 is 5.97 Å². The Hall–Kier alpha value is -2.29. The summed E-state index contributed by atoms with van der Waals surface area (Å²) in [5, 5.41) is 10.7. The van der Waals surface area contributed by atoms with Crippen LogP contribution in [0.3, 0.4) is 0 Å². The van der Waals surface area contributed by atoms with Crippen LogP contribution in [0.15, 0.2) is 33.8 Å². The van der Waals surface area contributed by atoms with Crippen LogP contribution in [-0.2, 0) is 22.5 Å². The summed E-state index contributed by atoms with van der Waals surface area (Å²) >= 11 is 8.93. The Morgan fingerprint density at radius 3 is 2.76 bits per heavy atom. The van der Waals surface area contributed by atoms with E-state index in [1.807, 2.05) is 38.3 Å². The molecular formula is C20H18ClN3O3S2. The lowest BCUT2D eigenvalue weighted by Gasteiger charge is -2.19. The Kier molecular flexibility index (Phi) is 5.18. The molecule has 0 spiro atoms. The number of aromatic nitrogens is 3. The summed E-state index contributed by atoms with van der Waals surface area (Å²) < 4.78 is 7.78. The maximum absolute atomic E-state index is 12.9. The van der Waals surface area contributed by atoms with Gasteiger partial charge in [0, 0.05) is 21.2 Å². The van der Waals surface area contributed by atoms with E-state index in [4.69, 9.17) is 16.3 Å². The molecule has 0 saturated carbocycles. The number of rotatable bonds is 4. The normalized spacial score (nSPS) is 12.0. The molecule has 29 heavy (non-hydrogen) atoms. The number of carbonyl (C=O) groups excluding carboxylic acids is 1. The topological polar surface area (TPSA) is 74.1 Å². The van der Waals surface area contributed by atoms with Gasteiger partial charge in [-0.15, -0.1) is 11.3 Å². The van der Waals surface area contributed by atoms with Gasteiger partial charge in [0.15, 0.2) is 0 Å². The minimum atomic E-state index is -0.582. The van der Waals surface area contributed by atoms with E-state index in [0.717, 1.165) is 15.2 Å². The summed E-state index contributed by atoms with van der Waals surface area (Å²) in [6.45, 7) is 5.68. The fourth-order valence-corrected chi connectivity index (χ4v) is 4.89. The third-order valence-corrected chi connectivity index (χ3v) is 6.09. The maximum atomic E-state index is 12.9. The predicted octanol–water partition coefficient (Wildman–Crippen LogP) is 4.65. The second-order valence-electron chi connectivity index (χ2n) is 7.59. The van der Waals surface area contributed by atoms with Crippen LogP contribution in [0.5, 0.6) is 0 Å². The zero-order valence-corrected chi connectivity index (χ0v) is 18.5. The van der Waals surface area contributed by atoms with E-state index >= 15 is 0 Å². The molecule has 3 aromatic heterocycles. The van der Waals surface area contributed by atoms with Crippen molar-refractivity contribution in [3.63, 3.8) is 0 Å². The number of nitrogens with zero attached hydrogens (tertiary/aromatic N) is 3. The molecule has 0 radical (unpaired) electrons. The van der Waals surface area contributed by atoms with Crippen molar-refractivity contribution in [3.05, 3.63) is 55.0 Å². The first-order valence-corrected chi connectivity index (χ1v) is 11.1. The molecule has 6 nitrogen and oxygen atoms in total. The molecule has 0 N–H and O–H groups in total. The third-order valence-electron chi connectivity index (χ3n) is 4.09. The minimum Gasteiger partial charge on any atom is -0.460 e. The number of esters is 1. The summed E-state index contributed by atoms with van der Waals surface area (Å²) in [5.41, 5.74) is 0.531. The Balaban J connectivity index is 1.71. The molecule has 0 unspecified atom stereocenters. The standard InChI is InChI=1S/C20H18ClN3O3S2/c1-20(2,3)27-18(25)7-14-12-9-28-10-13(12)19(26)24(23-14)8-17-22-15-6-11(21)4-5-16(15)29-17/h4-6,9-10H,7-8H2,1-3H3. The summed E-state index contributed by atoms with van der Waals surface area (Å²) in [7, 11) is 0. The van der Waals surface area contributed by atoms with Gasteiger partial charge in [0.1, 0.15) is 10.6 Å². The quantitative estimate of drug-likeness (QED) is 0.425. The molecule has 0 amide bonds. The summed E-state index contributed by atoms with van der Waals surface area (Å²) in [6, 6.07) is 5.51. The van der Waals surface area contributed by atoms with E-state index in [-0.39, 0.29) is 24.5 Å². The Morgan fingerprint density at radius 2 is 2.00 bits per heavy atom. The summed E-state index contributed by atoms with van der Waals surface area (Å²) in [6.07, 6.45) is 0.000234. The van der Waals surface area contributed by atoms with Crippen molar-refractivity contribution in [2.45, 2.75) is 39.3 Å². The van der Waals surface area contributed by atoms with Crippen molar-refractivity contribution >= 4 is 61.2 Å². The minimum absolute atomic E-state index is 0.000234. The molecule has 0 aliphatic heterocycles. The van der Waals surface area contributed by atoms with Crippen molar-refractivity contribution in [1.29, 1.82) is 0 Å². The second kappa shape index (κ2) is 7.51.